The van der Waals surface area contributed by atoms with E-state index in [4.69, 9.17) is 4.74 Å². The quantitative estimate of drug-likeness (QED) is 0.694. The SMILES string of the molecule is COC(=O)Cc1c(C)nc2ccccc2c1NCCc1ccccc1. The Kier molecular flexibility index (Phi) is 5.29. The zero-order valence-corrected chi connectivity index (χ0v) is 14.6. The molecule has 0 saturated carbocycles. The number of carbonyl (C=O) groups is 1. The molecule has 0 atom stereocenters. The topological polar surface area (TPSA) is 51.2 Å². The van der Waals surface area contributed by atoms with Gasteiger partial charge in [0, 0.05) is 28.9 Å². The lowest BCUT2D eigenvalue weighted by molar-refractivity contribution is -0.139. The summed E-state index contributed by atoms with van der Waals surface area (Å²) >= 11 is 0. The third-order valence-electron chi connectivity index (χ3n) is 4.31. The molecule has 0 aliphatic heterocycles. The minimum atomic E-state index is -0.258. The Bertz CT molecular complexity index is 876. The third-order valence-corrected chi connectivity index (χ3v) is 4.31. The van der Waals surface area contributed by atoms with E-state index < -0.39 is 0 Å². The van der Waals surface area contributed by atoms with Crippen molar-refractivity contribution >= 4 is 22.6 Å². The molecule has 4 nitrogen and oxygen atoms in total. The van der Waals surface area contributed by atoms with Gasteiger partial charge in [-0.2, -0.15) is 0 Å². The molecule has 0 bridgehead atoms. The monoisotopic (exact) mass is 334 g/mol. The second-order valence-electron chi connectivity index (χ2n) is 5.98. The van der Waals surface area contributed by atoms with Crippen molar-refractivity contribution in [2.45, 2.75) is 19.8 Å². The minimum absolute atomic E-state index is 0.216. The summed E-state index contributed by atoms with van der Waals surface area (Å²) < 4.78 is 4.86. The van der Waals surface area contributed by atoms with Gasteiger partial charge in [0.05, 0.1) is 19.0 Å². The Labute approximate surface area is 147 Å². The Balaban J connectivity index is 1.92. The van der Waals surface area contributed by atoms with Crippen LogP contribution in [0.1, 0.15) is 16.8 Å². The number of methoxy groups -OCH3 is 1. The van der Waals surface area contributed by atoms with Crippen molar-refractivity contribution in [3.8, 4) is 0 Å². The van der Waals surface area contributed by atoms with Gasteiger partial charge in [0.25, 0.3) is 0 Å². The van der Waals surface area contributed by atoms with Crippen LogP contribution in [0, 0.1) is 6.92 Å². The van der Waals surface area contributed by atoms with Crippen molar-refractivity contribution in [3.05, 3.63) is 71.4 Å². The van der Waals surface area contributed by atoms with Crippen LogP contribution < -0.4 is 5.32 Å². The van der Waals surface area contributed by atoms with E-state index in [1.807, 2.05) is 49.4 Å². The molecule has 0 fully saturated rings. The van der Waals surface area contributed by atoms with Gasteiger partial charge in [-0.05, 0) is 25.0 Å². The number of aryl methyl sites for hydroxylation is 1. The molecule has 1 aromatic heterocycles. The molecule has 1 heterocycles. The van der Waals surface area contributed by atoms with Crippen LogP contribution in [0.25, 0.3) is 10.9 Å². The molecule has 0 aliphatic carbocycles. The summed E-state index contributed by atoms with van der Waals surface area (Å²) in [5.41, 5.74) is 4.93. The normalized spacial score (nSPS) is 10.6. The van der Waals surface area contributed by atoms with Crippen LogP contribution >= 0.6 is 0 Å². The number of nitrogens with one attached hydrogen (secondary N) is 1. The number of anilines is 1. The van der Waals surface area contributed by atoms with Gasteiger partial charge in [-0.25, -0.2) is 0 Å². The maximum Gasteiger partial charge on any atom is 0.310 e. The number of nitrogens with zero attached hydrogens (tertiary/aromatic N) is 1. The molecule has 25 heavy (non-hydrogen) atoms. The second-order valence-corrected chi connectivity index (χ2v) is 5.98. The standard InChI is InChI=1S/C21H22N2O2/c1-15-18(14-20(24)25-2)21(17-10-6-7-11-19(17)23-15)22-13-12-16-8-4-3-5-9-16/h3-11H,12-14H2,1-2H3,(H,22,23). The van der Waals surface area contributed by atoms with Gasteiger partial charge < -0.3 is 10.1 Å². The first kappa shape index (κ1) is 17.0. The Morgan fingerprint density at radius 3 is 2.56 bits per heavy atom. The van der Waals surface area contributed by atoms with E-state index in [-0.39, 0.29) is 12.4 Å². The summed E-state index contributed by atoms with van der Waals surface area (Å²) in [4.78, 5) is 16.5. The van der Waals surface area contributed by atoms with Gasteiger partial charge >= 0.3 is 5.97 Å². The van der Waals surface area contributed by atoms with E-state index >= 15 is 0 Å². The van der Waals surface area contributed by atoms with E-state index in [0.29, 0.717) is 0 Å². The number of fused-ring (bicyclic) bond motifs is 1. The van der Waals surface area contributed by atoms with E-state index in [2.05, 4.69) is 22.4 Å². The number of para-hydroxylation sites is 1. The predicted molar refractivity (Wildman–Crippen MR) is 101 cm³/mol. The van der Waals surface area contributed by atoms with Crippen molar-refractivity contribution in [1.82, 2.24) is 4.98 Å². The highest BCUT2D eigenvalue weighted by atomic mass is 16.5. The highest BCUT2D eigenvalue weighted by Gasteiger charge is 2.15. The number of esters is 1. The number of ether oxygens (including phenoxy) is 1. The Morgan fingerprint density at radius 1 is 1.08 bits per heavy atom. The summed E-state index contributed by atoms with van der Waals surface area (Å²) in [5, 5.41) is 4.56. The molecule has 0 amide bonds. The number of benzene rings is 2. The number of hydrogen-bond acceptors (Lipinski definition) is 4. The van der Waals surface area contributed by atoms with Crippen LogP contribution in [-0.4, -0.2) is 24.6 Å². The van der Waals surface area contributed by atoms with Gasteiger partial charge in [-0.15, -0.1) is 0 Å². The molecule has 3 rings (SSSR count). The van der Waals surface area contributed by atoms with Crippen LogP contribution in [0.5, 0.6) is 0 Å². The average Bonchev–Trinajstić information content (AvgIpc) is 2.64. The fourth-order valence-electron chi connectivity index (χ4n) is 2.99. The molecule has 3 aromatic rings. The molecule has 2 aromatic carbocycles. The first-order valence-electron chi connectivity index (χ1n) is 8.42. The lowest BCUT2D eigenvalue weighted by Crippen LogP contribution is -2.13. The molecule has 4 heteroatoms. The molecule has 0 saturated heterocycles. The highest BCUT2D eigenvalue weighted by molar-refractivity contribution is 5.95. The number of aromatic nitrogens is 1. The summed E-state index contributed by atoms with van der Waals surface area (Å²) in [6, 6.07) is 18.3. The van der Waals surface area contributed by atoms with Gasteiger partial charge in [-0.1, -0.05) is 48.5 Å². The first-order valence-corrected chi connectivity index (χ1v) is 8.42. The van der Waals surface area contributed by atoms with Crippen molar-refractivity contribution in [2.75, 3.05) is 19.0 Å². The molecule has 0 radical (unpaired) electrons. The maximum absolute atomic E-state index is 11.8. The zero-order chi connectivity index (χ0) is 17.6. The van der Waals surface area contributed by atoms with Crippen molar-refractivity contribution < 1.29 is 9.53 Å². The lowest BCUT2D eigenvalue weighted by Gasteiger charge is -2.16. The molecule has 128 valence electrons. The summed E-state index contributed by atoms with van der Waals surface area (Å²) in [6.45, 7) is 2.72. The lowest BCUT2D eigenvalue weighted by atomic mass is 10.0. The number of pyridine rings is 1. The smallest absolute Gasteiger partial charge is 0.310 e. The molecular formula is C21H22N2O2. The van der Waals surface area contributed by atoms with E-state index in [0.717, 1.165) is 40.8 Å². The average molecular weight is 334 g/mol. The predicted octanol–water partition coefficient (Wildman–Crippen LogP) is 3.91. The summed E-state index contributed by atoms with van der Waals surface area (Å²) in [5.74, 6) is -0.258. The van der Waals surface area contributed by atoms with Crippen molar-refractivity contribution in [3.63, 3.8) is 0 Å². The molecule has 0 spiro atoms. The van der Waals surface area contributed by atoms with Gasteiger partial charge in [0.15, 0.2) is 0 Å². The summed E-state index contributed by atoms with van der Waals surface area (Å²) in [6.07, 6.45) is 1.13. The largest absolute Gasteiger partial charge is 0.469 e. The van der Waals surface area contributed by atoms with E-state index in [1.165, 1.54) is 12.7 Å². The number of rotatable bonds is 6. The first-order chi connectivity index (χ1) is 12.2. The zero-order valence-electron chi connectivity index (χ0n) is 14.6. The van der Waals surface area contributed by atoms with Crippen LogP contribution in [0.4, 0.5) is 5.69 Å². The van der Waals surface area contributed by atoms with Crippen LogP contribution in [0.2, 0.25) is 0 Å². The van der Waals surface area contributed by atoms with Gasteiger partial charge in [-0.3, -0.25) is 9.78 Å². The fraction of sp³-hybridized carbons (Fsp3) is 0.238. The fourth-order valence-corrected chi connectivity index (χ4v) is 2.99. The minimum Gasteiger partial charge on any atom is -0.469 e. The molecule has 0 unspecified atom stereocenters. The van der Waals surface area contributed by atoms with E-state index in [9.17, 15) is 4.79 Å². The summed E-state index contributed by atoms with van der Waals surface area (Å²) in [7, 11) is 1.41. The van der Waals surface area contributed by atoms with Crippen LogP contribution in [0.15, 0.2) is 54.6 Å². The van der Waals surface area contributed by atoms with Crippen molar-refractivity contribution in [1.29, 1.82) is 0 Å². The highest BCUT2D eigenvalue weighted by Crippen LogP contribution is 2.29. The molecular weight excluding hydrogens is 312 g/mol. The molecule has 1 N–H and O–H groups in total. The second kappa shape index (κ2) is 7.79. The third kappa shape index (κ3) is 3.97. The van der Waals surface area contributed by atoms with Crippen LogP contribution in [0.3, 0.4) is 0 Å². The van der Waals surface area contributed by atoms with Gasteiger partial charge in [0.1, 0.15) is 0 Å². The number of hydrogen-bond donors (Lipinski definition) is 1. The Morgan fingerprint density at radius 2 is 1.80 bits per heavy atom. The Hall–Kier alpha value is -2.88. The van der Waals surface area contributed by atoms with Crippen molar-refractivity contribution in [2.24, 2.45) is 0 Å². The number of carbonyl (C=O) groups excluding carboxylic acids is 1. The van der Waals surface area contributed by atoms with E-state index in [1.54, 1.807) is 0 Å². The molecule has 0 aliphatic rings. The maximum atomic E-state index is 11.8. The van der Waals surface area contributed by atoms with Crippen LogP contribution in [-0.2, 0) is 22.4 Å². The van der Waals surface area contributed by atoms with Gasteiger partial charge in [0.2, 0.25) is 0 Å².